The molecule has 1 heterocycles. The second kappa shape index (κ2) is 5.85. The summed E-state index contributed by atoms with van der Waals surface area (Å²) in [5.41, 5.74) is 0. The molecule has 2 nitrogen and oxygen atoms in total. The second-order valence-corrected chi connectivity index (χ2v) is 5.69. The summed E-state index contributed by atoms with van der Waals surface area (Å²) < 4.78 is 6.43. The van der Waals surface area contributed by atoms with E-state index in [-0.39, 0.29) is 6.10 Å². The van der Waals surface area contributed by atoms with E-state index in [0.29, 0.717) is 13.0 Å². The van der Waals surface area contributed by atoms with Crippen molar-refractivity contribution in [3.63, 3.8) is 0 Å². The lowest BCUT2D eigenvalue weighted by atomic mass is 10.1. The molecule has 2 unspecified atom stereocenters. The van der Waals surface area contributed by atoms with E-state index in [1.54, 1.807) is 11.3 Å². The van der Waals surface area contributed by atoms with Crippen molar-refractivity contribution >= 4 is 27.3 Å². The van der Waals surface area contributed by atoms with Gasteiger partial charge in [0, 0.05) is 17.9 Å². The maximum absolute atomic E-state index is 9.78. The van der Waals surface area contributed by atoms with E-state index in [1.807, 2.05) is 26.0 Å². The molecular formula is C10H15BrO2S. The number of thiophene rings is 1. The molecule has 0 saturated heterocycles. The normalized spacial score (nSPS) is 15.4. The molecule has 1 rings (SSSR count). The van der Waals surface area contributed by atoms with Gasteiger partial charge in [0.15, 0.2) is 0 Å². The zero-order valence-corrected chi connectivity index (χ0v) is 10.8. The summed E-state index contributed by atoms with van der Waals surface area (Å²) in [4.78, 5) is 1.18. The Morgan fingerprint density at radius 1 is 1.57 bits per heavy atom. The van der Waals surface area contributed by atoms with E-state index >= 15 is 0 Å². The monoisotopic (exact) mass is 278 g/mol. The van der Waals surface area contributed by atoms with Gasteiger partial charge in [-0.1, -0.05) is 0 Å². The van der Waals surface area contributed by atoms with Crippen molar-refractivity contribution in [2.75, 3.05) is 6.61 Å². The van der Waals surface area contributed by atoms with Gasteiger partial charge >= 0.3 is 0 Å². The summed E-state index contributed by atoms with van der Waals surface area (Å²) in [5.74, 6) is 0. The van der Waals surface area contributed by atoms with Gasteiger partial charge in [-0.3, -0.25) is 0 Å². The average molecular weight is 279 g/mol. The topological polar surface area (TPSA) is 29.5 Å². The zero-order valence-electron chi connectivity index (χ0n) is 8.37. The van der Waals surface area contributed by atoms with Gasteiger partial charge in [0.1, 0.15) is 0 Å². The molecule has 80 valence electrons. The summed E-state index contributed by atoms with van der Waals surface area (Å²) in [6, 6.07) is 4.02. The van der Waals surface area contributed by atoms with Crippen molar-refractivity contribution in [3.8, 4) is 0 Å². The molecule has 0 fully saturated rings. The highest BCUT2D eigenvalue weighted by Gasteiger charge is 2.15. The Morgan fingerprint density at radius 2 is 2.29 bits per heavy atom. The molecule has 1 aromatic heterocycles. The Balaban J connectivity index is 2.43. The molecule has 0 aliphatic carbocycles. The summed E-state index contributed by atoms with van der Waals surface area (Å²) >= 11 is 5.05. The number of aliphatic hydroxyl groups is 1. The molecule has 0 amide bonds. The van der Waals surface area contributed by atoms with E-state index in [2.05, 4.69) is 15.9 Å². The highest BCUT2D eigenvalue weighted by Crippen LogP contribution is 2.23. The smallest absolute Gasteiger partial charge is 0.0847 e. The molecule has 0 spiro atoms. The molecule has 0 aliphatic heterocycles. The van der Waals surface area contributed by atoms with E-state index in [1.165, 1.54) is 4.88 Å². The third kappa shape index (κ3) is 3.69. The first-order valence-electron chi connectivity index (χ1n) is 4.67. The van der Waals surface area contributed by atoms with E-state index < -0.39 is 6.10 Å². The van der Waals surface area contributed by atoms with Crippen LogP contribution in [0.25, 0.3) is 0 Å². The van der Waals surface area contributed by atoms with Crippen LogP contribution in [-0.2, 0) is 11.2 Å². The molecule has 0 radical (unpaired) electrons. The maximum atomic E-state index is 9.78. The van der Waals surface area contributed by atoms with Crippen LogP contribution in [0.3, 0.4) is 0 Å². The Bertz CT molecular complexity index is 275. The molecule has 0 aliphatic rings. The van der Waals surface area contributed by atoms with Gasteiger partial charge in [-0.25, -0.2) is 0 Å². The third-order valence-corrected chi connectivity index (χ3v) is 3.66. The van der Waals surface area contributed by atoms with Crippen LogP contribution in [0.15, 0.2) is 15.9 Å². The van der Waals surface area contributed by atoms with Crippen molar-refractivity contribution < 1.29 is 9.84 Å². The fourth-order valence-electron chi connectivity index (χ4n) is 1.21. The predicted octanol–water partition coefficient (Wildman–Crippen LogP) is 2.84. The quantitative estimate of drug-likeness (QED) is 0.898. The standard InChI is InChI=1S/C10H15BrO2S/c1-3-13-7(2)9(12)6-8-4-5-10(11)14-8/h4-5,7,9,12H,3,6H2,1-2H3. The highest BCUT2D eigenvalue weighted by atomic mass is 79.9. The van der Waals surface area contributed by atoms with Gasteiger partial charge in [0.2, 0.25) is 0 Å². The minimum Gasteiger partial charge on any atom is -0.390 e. The fraction of sp³-hybridized carbons (Fsp3) is 0.600. The highest BCUT2D eigenvalue weighted by molar-refractivity contribution is 9.11. The van der Waals surface area contributed by atoms with Crippen LogP contribution in [0, 0.1) is 0 Å². The summed E-state index contributed by atoms with van der Waals surface area (Å²) in [6.45, 7) is 4.48. The second-order valence-electron chi connectivity index (χ2n) is 3.14. The lowest BCUT2D eigenvalue weighted by molar-refractivity contribution is -0.0204. The summed E-state index contributed by atoms with van der Waals surface area (Å²) in [5, 5.41) is 9.78. The van der Waals surface area contributed by atoms with Crippen LogP contribution in [-0.4, -0.2) is 23.9 Å². The zero-order chi connectivity index (χ0) is 10.6. The Labute approximate surface area is 97.0 Å². The van der Waals surface area contributed by atoms with Gasteiger partial charge in [-0.05, 0) is 41.9 Å². The number of hydrogen-bond donors (Lipinski definition) is 1. The molecule has 2 atom stereocenters. The molecule has 1 aromatic rings. The van der Waals surface area contributed by atoms with Crippen molar-refractivity contribution in [1.29, 1.82) is 0 Å². The van der Waals surface area contributed by atoms with Crippen LogP contribution in [0.1, 0.15) is 18.7 Å². The first-order valence-corrected chi connectivity index (χ1v) is 6.28. The Kier molecular flexibility index (Phi) is 5.09. The molecule has 14 heavy (non-hydrogen) atoms. The molecule has 0 bridgehead atoms. The van der Waals surface area contributed by atoms with Crippen molar-refractivity contribution in [2.24, 2.45) is 0 Å². The molecule has 0 saturated carbocycles. The SMILES string of the molecule is CCOC(C)C(O)Cc1ccc(Br)s1. The van der Waals surface area contributed by atoms with Gasteiger partial charge in [-0.2, -0.15) is 0 Å². The average Bonchev–Trinajstić information content (AvgIpc) is 2.51. The van der Waals surface area contributed by atoms with Gasteiger partial charge in [-0.15, -0.1) is 11.3 Å². The molecule has 0 aromatic carbocycles. The number of halogens is 1. The lowest BCUT2D eigenvalue weighted by Gasteiger charge is -2.17. The lowest BCUT2D eigenvalue weighted by Crippen LogP contribution is -2.27. The summed E-state index contributed by atoms with van der Waals surface area (Å²) in [6.07, 6.45) is 0.152. The third-order valence-electron chi connectivity index (χ3n) is 2.01. The fourth-order valence-corrected chi connectivity index (χ4v) is 2.74. The predicted molar refractivity (Wildman–Crippen MR) is 62.8 cm³/mol. The number of aliphatic hydroxyl groups excluding tert-OH is 1. The first-order chi connectivity index (χ1) is 6.63. The number of ether oxygens (including phenoxy) is 1. The van der Waals surface area contributed by atoms with Crippen LogP contribution in [0.4, 0.5) is 0 Å². The largest absolute Gasteiger partial charge is 0.390 e. The van der Waals surface area contributed by atoms with E-state index in [9.17, 15) is 5.11 Å². The molecule has 4 heteroatoms. The van der Waals surface area contributed by atoms with Gasteiger partial charge in [0.25, 0.3) is 0 Å². The van der Waals surface area contributed by atoms with Gasteiger partial charge in [0.05, 0.1) is 16.0 Å². The van der Waals surface area contributed by atoms with Crippen molar-refractivity contribution in [1.82, 2.24) is 0 Å². The molecular weight excluding hydrogens is 264 g/mol. The number of rotatable bonds is 5. The number of hydrogen-bond acceptors (Lipinski definition) is 3. The minimum atomic E-state index is -0.416. The Hall–Kier alpha value is 0.1000. The van der Waals surface area contributed by atoms with Crippen molar-refractivity contribution in [2.45, 2.75) is 32.5 Å². The van der Waals surface area contributed by atoms with Crippen LogP contribution in [0.5, 0.6) is 0 Å². The van der Waals surface area contributed by atoms with Crippen LogP contribution < -0.4 is 0 Å². The minimum absolute atomic E-state index is 0.0964. The van der Waals surface area contributed by atoms with Crippen LogP contribution >= 0.6 is 27.3 Å². The first kappa shape index (κ1) is 12.2. The molecule has 1 N–H and O–H groups in total. The van der Waals surface area contributed by atoms with E-state index in [4.69, 9.17) is 4.74 Å². The van der Waals surface area contributed by atoms with E-state index in [0.717, 1.165) is 3.79 Å². The van der Waals surface area contributed by atoms with Crippen molar-refractivity contribution in [3.05, 3.63) is 20.8 Å². The Morgan fingerprint density at radius 3 is 2.79 bits per heavy atom. The van der Waals surface area contributed by atoms with Gasteiger partial charge < -0.3 is 9.84 Å². The maximum Gasteiger partial charge on any atom is 0.0847 e. The summed E-state index contributed by atoms with van der Waals surface area (Å²) in [7, 11) is 0. The van der Waals surface area contributed by atoms with Crippen LogP contribution in [0.2, 0.25) is 0 Å².